The predicted octanol–water partition coefficient (Wildman–Crippen LogP) is 1.91. The Labute approximate surface area is 83.5 Å². The largest absolute Gasteiger partial charge is 0.306 e. The van der Waals surface area contributed by atoms with Crippen molar-refractivity contribution in [3.05, 3.63) is 36.4 Å². The summed E-state index contributed by atoms with van der Waals surface area (Å²) >= 11 is 3.13. The molecular weight excluding hydrogens is 232 g/mol. The van der Waals surface area contributed by atoms with Crippen LogP contribution in [0.3, 0.4) is 0 Å². The van der Waals surface area contributed by atoms with Crippen LogP contribution in [-0.2, 0) is 0 Å². The highest BCUT2D eigenvalue weighted by Crippen LogP contribution is 2.07. The molecule has 13 heavy (non-hydrogen) atoms. The van der Waals surface area contributed by atoms with Gasteiger partial charge in [0.15, 0.2) is 5.78 Å². The number of ketones is 1. The van der Waals surface area contributed by atoms with Crippen LogP contribution in [0.15, 0.2) is 30.9 Å². The van der Waals surface area contributed by atoms with E-state index >= 15 is 0 Å². The molecule has 0 saturated heterocycles. The van der Waals surface area contributed by atoms with Crippen LogP contribution < -0.4 is 0 Å². The summed E-state index contributed by atoms with van der Waals surface area (Å²) in [6.07, 6.45) is 5.22. The van der Waals surface area contributed by atoms with Gasteiger partial charge in [-0.2, -0.15) is 0 Å². The van der Waals surface area contributed by atoms with E-state index < -0.39 is 0 Å². The van der Waals surface area contributed by atoms with E-state index in [1.54, 1.807) is 24.8 Å². The second-order valence-corrected chi connectivity index (χ2v) is 3.26. The first-order valence-corrected chi connectivity index (χ1v) is 4.94. The van der Waals surface area contributed by atoms with E-state index in [1.807, 2.05) is 10.5 Å². The van der Waals surface area contributed by atoms with Crippen molar-refractivity contribution >= 4 is 27.2 Å². The number of fused-ring (bicyclic) bond motifs is 1. The van der Waals surface area contributed by atoms with E-state index in [4.69, 9.17) is 0 Å². The molecule has 0 aliphatic rings. The minimum atomic E-state index is 0.0793. The summed E-state index contributed by atoms with van der Waals surface area (Å²) in [5.74, 6) is 0.0793. The lowest BCUT2D eigenvalue weighted by molar-refractivity contribution is 0.102. The van der Waals surface area contributed by atoms with Gasteiger partial charge in [0.25, 0.3) is 0 Å². The van der Waals surface area contributed by atoms with Crippen LogP contribution >= 0.6 is 15.9 Å². The van der Waals surface area contributed by atoms with E-state index in [0.717, 1.165) is 5.52 Å². The van der Waals surface area contributed by atoms with Gasteiger partial charge >= 0.3 is 0 Å². The third-order valence-electron chi connectivity index (χ3n) is 1.85. The summed E-state index contributed by atoms with van der Waals surface area (Å²) < 4.78 is 1.83. The van der Waals surface area contributed by atoms with E-state index in [1.165, 1.54) is 0 Å². The highest BCUT2D eigenvalue weighted by Gasteiger charge is 2.03. The van der Waals surface area contributed by atoms with Gasteiger partial charge in [0.1, 0.15) is 0 Å². The molecule has 0 aliphatic carbocycles. The minimum Gasteiger partial charge on any atom is -0.306 e. The van der Waals surface area contributed by atoms with Gasteiger partial charge in [-0.05, 0) is 12.1 Å². The van der Waals surface area contributed by atoms with E-state index in [-0.39, 0.29) is 5.78 Å². The third-order valence-corrected chi connectivity index (χ3v) is 2.36. The molecule has 2 aromatic rings. The number of carbonyl (C=O) groups excluding carboxylic acids is 1. The smallest absolute Gasteiger partial charge is 0.174 e. The fourth-order valence-electron chi connectivity index (χ4n) is 1.16. The van der Waals surface area contributed by atoms with E-state index in [9.17, 15) is 4.79 Å². The molecule has 0 radical (unpaired) electrons. The summed E-state index contributed by atoms with van der Waals surface area (Å²) in [6.45, 7) is 0. The molecule has 0 atom stereocenters. The van der Waals surface area contributed by atoms with Crippen molar-refractivity contribution in [2.45, 2.75) is 0 Å². The monoisotopic (exact) mass is 238 g/mol. The zero-order chi connectivity index (χ0) is 9.26. The van der Waals surface area contributed by atoms with Crippen molar-refractivity contribution in [2.24, 2.45) is 0 Å². The van der Waals surface area contributed by atoms with Gasteiger partial charge in [-0.15, -0.1) is 0 Å². The number of halogens is 1. The summed E-state index contributed by atoms with van der Waals surface area (Å²) in [7, 11) is 0. The molecule has 0 fully saturated rings. The fraction of sp³-hybridized carbons (Fsp3) is 0.111. The SMILES string of the molecule is O=C(CBr)c1ccc2cncn2c1. The van der Waals surface area contributed by atoms with Crippen LogP contribution in [-0.4, -0.2) is 20.5 Å². The van der Waals surface area contributed by atoms with Gasteiger partial charge in [0.05, 0.1) is 23.4 Å². The maximum Gasteiger partial charge on any atom is 0.174 e. The molecule has 66 valence electrons. The third kappa shape index (κ3) is 1.49. The number of imidazole rings is 1. The van der Waals surface area contributed by atoms with Gasteiger partial charge in [-0.25, -0.2) is 4.98 Å². The number of carbonyl (C=O) groups is 1. The van der Waals surface area contributed by atoms with Gasteiger partial charge in [-0.1, -0.05) is 15.9 Å². The van der Waals surface area contributed by atoms with E-state index in [0.29, 0.717) is 10.9 Å². The lowest BCUT2D eigenvalue weighted by atomic mass is 10.2. The second kappa shape index (κ2) is 3.30. The predicted molar refractivity (Wildman–Crippen MR) is 53.3 cm³/mol. The van der Waals surface area contributed by atoms with Gasteiger partial charge in [-0.3, -0.25) is 4.79 Å². The maximum atomic E-state index is 11.3. The lowest BCUT2D eigenvalue weighted by Crippen LogP contribution is -2.00. The first kappa shape index (κ1) is 8.44. The molecular formula is C9H7BrN2O. The molecule has 0 spiro atoms. The second-order valence-electron chi connectivity index (χ2n) is 2.70. The molecule has 3 nitrogen and oxygen atoms in total. The Morgan fingerprint density at radius 3 is 3.15 bits per heavy atom. The van der Waals surface area contributed by atoms with Crippen molar-refractivity contribution in [1.82, 2.24) is 9.38 Å². The molecule has 4 heteroatoms. The number of rotatable bonds is 2. The zero-order valence-electron chi connectivity index (χ0n) is 6.77. The molecule has 0 saturated carbocycles. The molecule has 0 N–H and O–H groups in total. The number of alkyl halides is 1. The summed E-state index contributed by atoms with van der Waals surface area (Å²) in [5.41, 5.74) is 1.69. The highest BCUT2D eigenvalue weighted by molar-refractivity contribution is 9.09. The van der Waals surface area contributed by atoms with Crippen LogP contribution in [0.5, 0.6) is 0 Å². The summed E-state index contributed by atoms with van der Waals surface area (Å²) in [6, 6.07) is 3.68. The van der Waals surface area contributed by atoms with Crippen LogP contribution in [0.2, 0.25) is 0 Å². The molecule has 2 aromatic heterocycles. The topological polar surface area (TPSA) is 34.4 Å². The number of Topliss-reactive ketones (excluding diaryl/α,β-unsaturated/α-hetero) is 1. The zero-order valence-corrected chi connectivity index (χ0v) is 8.36. The Morgan fingerprint density at radius 1 is 1.54 bits per heavy atom. The summed E-state index contributed by atoms with van der Waals surface area (Å²) in [4.78, 5) is 15.3. The van der Waals surface area contributed by atoms with Crippen LogP contribution in [0.1, 0.15) is 10.4 Å². The van der Waals surface area contributed by atoms with Crippen LogP contribution in [0, 0.1) is 0 Å². The maximum absolute atomic E-state index is 11.3. The highest BCUT2D eigenvalue weighted by atomic mass is 79.9. The Morgan fingerprint density at radius 2 is 2.38 bits per heavy atom. The van der Waals surface area contributed by atoms with Crippen molar-refractivity contribution in [3.63, 3.8) is 0 Å². The number of hydrogen-bond acceptors (Lipinski definition) is 2. The lowest BCUT2D eigenvalue weighted by Gasteiger charge is -1.98. The Balaban J connectivity index is 2.54. The fourth-order valence-corrected chi connectivity index (χ4v) is 1.49. The average Bonchev–Trinajstić information content (AvgIpc) is 2.63. The van der Waals surface area contributed by atoms with Gasteiger partial charge in [0, 0.05) is 11.8 Å². The standard InChI is InChI=1S/C9H7BrN2O/c10-3-9(13)7-1-2-8-4-11-6-12(8)5-7/h1-2,4-6H,3H2. The molecule has 0 aromatic carbocycles. The van der Waals surface area contributed by atoms with Gasteiger partial charge < -0.3 is 4.40 Å². The molecule has 0 aliphatic heterocycles. The number of hydrogen-bond donors (Lipinski definition) is 0. The van der Waals surface area contributed by atoms with Gasteiger partial charge in [0.2, 0.25) is 0 Å². The van der Waals surface area contributed by atoms with Crippen molar-refractivity contribution in [3.8, 4) is 0 Å². The summed E-state index contributed by atoms with van der Waals surface area (Å²) in [5, 5.41) is 0.354. The minimum absolute atomic E-state index is 0.0793. The number of aromatic nitrogens is 2. The molecule has 0 unspecified atom stereocenters. The molecule has 0 amide bonds. The number of pyridine rings is 1. The first-order valence-electron chi connectivity index (χ1n) is 3.82. The molecule has 2 heterocycles. The molecule has 2 rings (SSSR count). The molecule has 0 bridgehead atoms. The van der Waals surface area contributed by atoms with Crippen molar-refractivity contribution in [2.75, 3.05) is 5.33 Å². The first-order chi connectivity index (χ1) is 6.31. The van der Waals surface area contributed by atoms with Crippen LogP contribution in [0.25, 0.3) is 5.52 Å². The average molecular weight is 239 g/mol. The Bertz CT molecular complexity index is 450. The normalized spacial score (nSPS) is 10.5. The van der Waals surface area contributed by atoms with Crippen molar-refractivity contribution in [1.29, 1.82) is 0 Å². The van der Waals surface area contributed by atoms with Crippen molar-refractivity contribution < 1.29 is 4.79 Å². The van der Waals surface area contributed by atoms with Crippen LogP contribution in [0.4, 0.5) is 0 Å². The quantitative estimate of drug-likeness (QED) is 0.592. The van der Waals surface area contributed by atoms with E-state index in [2.05, 4.69) is 20.9 Å². The Kier molecular flexibility index (Phi) is 2.14. The Hall–Kier alpha value is -1.16. The number of nitrogens with zero attached hydrogens (tertiary/aromatic N) is 2.